The van der Waals surface area contributed by atoms with Crippen LogP contribution in [0, 0.1) is 0 Å². The molecule has 0 N–H and O–H groups in total. The van der Waals surface area contributed by atoms with Gasteiger partial charge in [-0.3, -0.25) is 0 Å². The Morgan fingerprint density at radius 3 is 2.43 bits per heavy atom. The Hall–Kier alpha value is -0.465. The fraction of sp³-hybridized carbons (Fsp3) is 0.750. The molecule has 0 heterocycles. The molecule has 0 amide bonds. The van der Waals surface area contributed by atoms with Crippen molar-refractivity contribution in [2.45, 2.75) is 0 Å². The van der Waals surface area contributed by atoms with E-state index in [1.807, 2.05) is 14.1 Å². The van der Waals surface area contributed by atoms with Gasteiger partial charge in [-0.15, -0.1) is 0 Å². The van der Waals surface area contributed by atoms with E-state index >= 15 is 0 Å². The van der Waals surface area contributed by atoms with Crippen molar-refractivity contribution in [3.05, 3.63) is 0 Å². The highest BCUT2D eigenvalue weighted by Crippen LogP contribution is 1.57. The van der Waals surface area contributed by atoms with Crippen molar-refractivity contribution in [2.75, 3.05) is 20.6 Å². The summed E-state index contributed by atoms with van der Waals surface area (Å²) in [7, 11) is 8.60. The summed E-state index contributed by atoms with van der Waals surface area (Å²) in [4.78, 5) is 0. The van der Waals surface area contributed by atoms with E-state index in [-0.39, 0.29) is 6.51 Å². The Labute approximate surface area is 45.2 Å². The zero-order valence-corrected chi connectivity index (χ0v) is 4.64. The number of nitrogens with zero attached hydrogens (tertiary/aromatic N) is 1. The van der Waals surface area contributed by atoms with Gasteiger partial charge in [0.25, 0.3) is 0 Å². The summed E-state index contributed by atoms with van der Waals surface area (Å²) in [6.07, 6.45) is 2.50. The van der Waals surface area contributed by atoms with E-state index in [4.69, 9.17) is 7.85 Å². The summed E-state index contributed by atoms with van der Waals surface area (Å²) in [5.41, 5.74) is 0. The lowest BCUT2D eigenvalue weighted by Gasteiger charge is -2.03. The third-order valence-corrected chi connectivity index (χ3v) is 0.330. The van der Waals surface area contributed by atoms with Crippen LogP contribution in [0.1, 0.15) is 0 Å². The van der Waals surface area contributed by atoms with Crippen molar-refractivity contribution in [1.82, 2.24) is 0 Å². The van der Waals surface area contributed by atoms with E-state index in [2.05, 4.69) is 11.1 Å². The number of hydrogen-bond acceptors (Lipinski definition) is 1. The van der Waals surface area contributed by atoms with Crippen LogP contribution >= 0.6 is 0 Å². The molecule has 0 aromatic carbocycles. The van der Waals surface area contributed by atoms with Crippen LogP contribution in [0.25, 0.3) is 0 Å². The summed E-state index contributed by atoms with van der Waals surface area (Å²) in [5.74, 6) is 0. The predicted molar refractivity (Wildman–Crippen MR) is 28.8 cm³/mol. The quantitative estimate of drug-likeness (QED) is 0.146. The summed E-state index contributed by atoms with van der Waals surface area (Å²) >= 11 is 0. The van der Waals surface area contributed by atoms with Gasteiger partial charge < -0.3 is 9.31 Å². The summed E-state index contributed by atoms with van der Waals surface area (Å²) < 4.78 is 6.21. The maximum absolute atomic E-state index is 4.97. The summed E-state index contributed by atoms with van der Waals surface area (Å²) in [6, 6.07) is 0. The first-order chi connectivity index (χ1) is 3.27. The number of rotatable bonds is 2. The van der Waals surface area contributed by atoms with Gasteiger partial charge in [-0.2, -0.15) is 0 Å². The molecule has 0 atom stereocenters. The van der Waals surface area contributed by atoms with Crippen molar-refractivity contribution in [2.24, 2.45) is 0 Å². The highest BCUT2D eigenvalue weighted by molar-refractivity contribution is 6.08. The first kappa shape index (κ1) is 6.53. The molecule has 0 fully saturated rings. The van der Waals surface area contributed by atoms with Gasteiger partial charge in [-0.05, 0) is 6.40 Å². The molecule has 0 bridgehead atoms. The molecule has 0 saturated carbocycles. The molecule has 0 saturated heterocycles. The van der Waals surface area contributed by atoms with Gasteiger partial charge in [0.2, 0.25) is 0 Å². The van der Waals surface area contributed by atoms with Gasteiger partial charge in [-0.25, -0.2) is 0 Å². The average Bonchev–Trinajstić information content (AvgIpc) is 1.61. The lowest BCUT2D eigenvalue weighted by atomic mass is 10.2. The third-order valence-electron chi connectivity index (χ3n) is 0.330. The van der Waals surface area contributed by atoms with Crippen LogP contribution in [-0.2, 0) is 4.74 Å². The van der Waals surface area contributed by atoms with Crippen molar-refractivity contribution in [3.8, 4) is 0 Å². The van der Waals surface area contributed by atoms with Crippen LogP contribution in [0.3, 0.4) is 0 Å². The monoisotopic (exact) mass is 97.1 g/mol. The Kier molecular flexibility index (Phi) is 3.47. The largest absolute Gasteiger partial charge is 0.637 e. The van der Waals surface area contributed by atoms with Gasteiger partial charge >= 0.3 is 0 Å². The Balaban J connectivity index is 3.08. The van der Waals surface area contributed by atoms with E-state index in [9.17, 15) is 0 Å². The molecular weight excluding hydrogens is 88.9 g/mol. The van der Waals surface area contributed by atoms with Crippen LogP contribution in [0.2, 0.25) is 0 Å². The summed E-state index contributed by atoms with van der Waals surface area (Å²) in [6.45, 7) is 0.193. The van der Waals surface area contributed by atoms with Crippen molar-refractivity contribution >= 4 is 14.2 Å². The molecular formula is C4H8BNO. The van der Waals surface area contributed by atoms with Crippen LogP contribution in [0.5, 0.6) is 0 Å². The number of ether oxygens (including phenoxy) is 1. The van der Waals surface area contributed by atoms with Crippen LogP contribution in [0.4, 0.5) is 0 Å². The predicted octanol–water partition coefficient (Wildman–Crippen LogP) is -0.694. The molecule has 0 aliphatic heterocycles. The van der Waals surface area contributed by atoms with Crippen LogP contribution in [-0.4, -0.2) is 39.4 Å². The van der Waals surface area contributed by atoms with Crippen LogP contribution < -0.4 is 0 Å². The minimum absolute atomic E-state index is 0.193. The van der Waals surface area contributed by atoms with Crippen molar-refractivity contribution < 1.29 is 9.31 Å². The fourth-order valence-electron chi connectivity index (χ4n) is 0.166. The molecule has 2 nitrogen and oxygen atoms in total. The maximum atomic E-state index is 4.97. The maximum Gasteiger partial charge on any atom is 0.116 e. The number of hydrogen-bond donors (Lipinski definition) is 0. The zero-order chi connectivity index (χ0) is 5.70. The van der Waals surface area contributed by atoms with Gasteiger partial charge in [0.05, 0.1) is 0 Å². The van der Waals surface area contributed by atoms with E-state index in [1.54, 1.807) is 4.58 Å². The summed E-state index contributed by atoms with van der Waals surface area (Å²) in [5, 5.41) is 0. The minimum atomic E-state index is 0.193. The lowest BCUT2D eigenvalue weighted by Crippen LogP contribution is -2.02. The topological polar surface area (TPSA) is 12.2 Å². The second-order valence-corrected chi connectivity index (χ2v) is 1.30. The first-order valence-electron chi connectivity index (χ1n) is 2.02. The normalized spacial score (nSPS) is 7.71. The van der Waals surface area contributed by atoms with E-state index < -0.39 is 0 Å². The molecule has 0 aromatic heterocycles. The molecule has 0 aromatic rings. The molecule has 3 heteroatoms. The SMILES string of the molecule is [B]CO[C-]=[N+](C)C. The van der Waals surface area contributed by atoms with Crippen molar-refractivity contribution in [1.29, 1.82) is 0 Å². The van der Waals surface area contributed by atoms with Gasteiger partial charge in [0.1, 0.15) is 21.9 Å². The zero-order valence-electron chi connectivity index (χ0n) is 4.64. The fourth-order valence-corrected chi connectivity index (χ4v) is 0.166. The molecule has 0 rings (SSSR count). The molecule has 0 spiro atoms. The van der Waals surface area contributed by atoms with Crippen LogP contribution in [0.15, 0.2) is 0 Å². The molecule has 2 radical (unpaired) electrons. The van der Waals surface area contributed by atoms with E-state index in [0.29, 0.717) is 0 Å². The Morgan fingerprint density at radius 1 is 1.71 bits per heavy atom. The molecule has 0 aliphatic carbocycles. The standard InChI is InChI=1S/C4H8BNO/c1-6(2)4-7-3-5/h3H2,1-2H3. The second-order valence-electron chi connectivity index (χ2n) is 1.30. The smallest absolute Gasteiger partial charge is 0.116 e. The molecule has 7 heavy (non-hydrogen) atoms. The minimum Gasteiger partial charge on any atom is -0.637 e. The Bertz CT molecular complexity index is 68.1. The lowest BCUT2D eigenvalue weighted by molar-refractivity contribution is -0.467. The highest BCUT2D eigenvalue weighted by Gasteiger charge is 1.61. The Morgan fingerprint density at radius 2 is 2.29 bits per heavy atom. The average molecular weight is 96.9 g/mol. The van der Waals surface area contributed by atoms with Crippen molar-refractivity contribution in [3.63, 3.8) is 0 Å². The second kappa shape index (κ2) is 3.72. The molecule has 0 aliphatic rings. The molecule has 38 valence electrons. The van der Waals surface area contributed by atoms with Gasteiger partial charge in [0.15, 0.2) is 0 Å². The third kappa shape index (κ3) is 5.53. The van der Waals surface area contributed by atoms with Gasteiger partial charge in [-0.1, -0.05) is 0 Å². The van der Waals surface area contributed by atoms with E-state index in [0.717, 1.165) is 0 Å². The molecule has 0 unspecified atom stereocenters. The van der Waals surface area contributed by atoms with E-state index in [1.165, 1.54) is 0 Å². The first-order valence-corrected chi connectivity index (χ1v) is 2.02. The van der Waals surface area contributed by atoms with Gasteiger partial charge in [0, 0.05) is 6.51 Å². The highest BCUT2D eigenvalue weighted by atomic mass is 16.5.